The van der Waals surface area contributed by atoms with E-state index in [0.29, 0.717) is 23.4 Å². The molecule has 2 heterocycles. The van der Waals surface area contributed by atoms with Crippen LogP contribution in [0.4, 0.5) is 4.39 Å². The van der Waals surface area contributed by atoms with Crippen LogP contribution in [0.3, 0.4) is 0 Å². The van der Waals surface area contributed by atoms with Gasteiger partial charge < -0.3 is 13.7 Å². The van der Waals surface area contributed by atoms with Gasteiger partial charge in [0.25, 0.3) is 0 Å². The van der Waals surface area contributed by atoms with Crippen molar-refractivity contribution in [3.63, 3.8) is 0 Å². The van der Waals surface area contributed by atoms with Gasteiger partial charge in [0, 0.05) is 23.5 Å². The minimum atomic E-state index is -0.588. The number of nitrogens with zero attached hydrogens (tertiary/aromatic N) is 1. The van der Waals surface area contributed by atoms with Gasteiger partial charge in [0.05, 0.1) is 6.26 Å². The van der Waals surface area contributed by atoms with Gasteiger partial charge in [-0.2, -0.15) is 0 Å². The summed E-state index contributed by atoms with van der Waals surface area (Å²) in [6, 6.07) is 9.53. The van der Waals surface area contributed by atoms with Gasteiger partial charge in [-0.05, 0) is 50.6 Å². The molecule has 0 fully saturated rings. The van der Waals surface area contributed by atoms with E-state index in [1.165, 1.54) is 24.5 Å². The largest absolute Gasteiger partial charge is 0.469 e. The fraction of sp³-hybridized carbons (Fsp3) is 0.238. The van der Waals surface area contributed by atoms with Crippen molar-refractivity contribution in [1.29, 1.82) is 0 Å². The van der Waals surface area contributed by atoms with Crippen molar-refractivity contribution >= 4 is 11.8 Å². The van der Waals surface area contributed by atoms with Crippen molar-refractivity contribution in [2.45, 2.75) is 27.3 Å². The number of aromatic nitrogens is 1. The number of ketones is 1. The van der Waals surface area contributed by atoms with E-state index in [4.69, 9.17) is 9.15 Å². The van der Waals surface area contributed by atoms with Gasteiger partial charge in [0.1, 0.15) is 17.1 Å². The molecule has 0 aliphatic rings. The molecule has 0 saturated heterocycles. The average Bonchev–Trinajstić information content (AvgIpc) is 3.19. The zero-order chi connectivity index (χ0) is 19.6. The SMILES string of the molecule is Cc1occc1C(=O)OCC(=O)c1cc(C)n(Cc2ccc(F)cc2)c1C. The number of rotatable bonds is 6. The summed E-state index contributed by atoms with van der Waals surface area (Å²) in [4.78, 5) is 24.5. The van der Waals surface area contributed by atoms with Gasteiger partial charge in [0.2, 0.25) is 5.78 Å². The lowest BCUT2D eigenvalue weighted by atomic mass is 10.1. The number of esters is 1. The highest BCUT2D eigenvalue weighted by Gasteiger charge is 2.19. The average molecular weight is 369 g/mol. The van der Waals surface area contributed by atoms with E-state index in [0.717, 1.165) is 17.0 Å². The minimum absolute atomic E-state index is 0.275. The number of Topliss-reactive ketones (excluding diaryl/α,β-unsaturated/α-hetero) is 1. The molecule has 3 rings (SSSR count). The maximum atomic E-state index is 13.1. The molecule has 0 aliphatic heterocycles. The molecule has 2 aromatic heterocycles. The third-order valence-electron chi connectivity index (χ3n) is 4.54. The summed E-state index contributed by atoms with van der Waals surface area (Å²) in [5.41, 5.74) is 3.42. The second-order valence-electron chi connectivity index (χ2n) is 6.39. The van der Waals surface area contributed by atoms with Gasteiger partial charge in [0.15, 0.2) is 6.61 Å². The van der Waals surface area contributed by atoms with E-state index in [1.54, 1.807) is 25.1 Å². The van der Waals surface area contributed by atoms with Crippen LogP contribution < -0.4 is 0 Å². The molecule has 3 aromatic rings. The second-order valence-corrected chi connectivity index (χ2v) is 6.39. The Morgan fingerprint density at radius 3 is 2.41 bits per heavy atom. The number of furan rings is 1. The summed E-state index contributed by atoms with van der Waals surface area (Å²) < 4.78 is 25.2. The number of carbonyl (C=O) groups is 2. The number of hydrogen-bond donors (Lipinski definition) is 0. The Labute approximate surface area is 156 Å². The normalized spacial score (nSPS) is 10.8. The van der Waals surface area contributed by atoms with E-state index >= 15 is 0 Å². The number of halogens is 1. The molecule has 0 amide bonds. The number of aryl methyl sites for hydroxylation is 2. The van der Waals surface area contributed by atoms with Crippen LogP contribution in [-0.4, -0.2) is 22.9 Å². The third-order valence-corrected chi connectivity index (χ3v) is 4.54. The lowest BCUT2D eigenvalue weighted by Crippen LogP contribution is -2.15. The highest BCUT2D eigenvalue weighted by atomic mass is 19.1. The van der Waals surface area contributed by atoms with Crippen LogP contribution in [-0.2, 0) is 11.3 Å². The lowest BCUT2D eigenvalue weighted by molar-refractivity contribution is 0.0472. The number of ether oxygens (including phenoxy) is 1. The van der Waals surface area contributed by atoms with Crippen LogP contribution in [0, 0.1) is 26.6 Å². The van der Waals surface area contributed by atoms with E-state index in [9.17, 15) is 14.0 Å². The Bertz CT molecular complexity index is 982. The van der Waals surface area contributed by atoms with Gasteiger partial charge >= 0.3 is 5.97 Å². The molecule has 140 valence electrons. The topological polar surface area (TPSA) is 61.4 Å². The first-order valence-electron chi connectivity index (χ1n) is 8.52. The third kappa shape index (κ3) is 4.00. The van der Waals surface area contributed by atoms with Gasteiger partial charge in [-0.1, -0.05) is 12.1 Å². The van der Waals surface area contributed by atoms with Crippen LogP contribution in [0.25, 0.3) is 0 Å². The van der Waals surface area contributed by atoms with Crippen molar-refractivity contribution < 1.29 is 23.1 Å². The number of hydrogen-bond acceptors (Lipinski definition) is 4. The smallest absolute Gasteiger partial charge is 0.342 e. The summed E-state index contributed by atoms with van der Waals surface area (Å²) in [7, 11) is 0. The summed E-state index contributed by atoms with van der Waals surface area (Å²) in [6.07, 6.45) is 1.40. The fourth-order valence-electron chi connectivity index (χ4n) is 2.98. The van der Waals surface area contributed by atoms with Crippen LogP contribution in [0.5, 0.6) is 0 Å². The first kappa shape index (κ1) is 18.6. The summed E-state index contributed by atoms with van der Waals surface area (Å²) in [5.74, 6) is -0.701. The van der Waals surface area contributed by atoms with E-state index in [2.05, 4.69) is 0 Å². The van der Waals surface area contributed by atoms with Crippen molar-refractivity contribution in [3.05, 3.63) is 82.3 Å². The first-order chi connectivity index (χ1) is 12.9. The number of benzene rings is 1. The first-order valence-corrected chi connectivity index (χ1v) is 8.52. The van der Waals surface area contributed by atoms with Crippen LogP contribution in [0.15, 0.2) is 47.1 Å². The molecule has 6 heteroatoms. The predicted molar refractivity (Wildman–Crippen MR) is 97.5 cm³/mol. The molecule has 0 atom stereocenters. The van der Waals surface area contributed by atoms with E-state index in [1.807, 2.05) is 18.4 Å². The molecule has 0 saturated carbocycles. The van der Waals surface area contributed by atoms with Gasteiger partial charge in [-0.3, -0.25) is 4.79 Å². The van der Waals surface area contributed by atoms with Crippen LogP contribution in [0.2, 0.25) is 0 Å². The highest BCUT2D eigenvalue weighted by molar-refractivity contribution is 6.00. The molecular formula is C21H20FNO4. The molecule has 0 unspecified atom stereocenters. The zero-order valence-corrected chi connectivity index (χ0v) is 15.4. The Morgan fingerprint density at radius 1 is 1.07 bits per heavy atom. The fourth-order valence-corrected chi connectivity index (χ4v) is 2.98. The molecule has 0 radical (unpaired) electrons. The lowest BCUT2D eigenvalue weighted by Gasteiger charge is -2.10. The molecular weight excluding hydrogens is 349 g/mol. The maximum absolute atomic E-state index is 13.1. The monoisotopic (exact) mass is 369 g/mol. The summed E-state index contributed by atoms with van der Waals surface area (Å²) in [6.45, 7) is 5.57. The highest BCUT2D eigenvalue weighted by Crippen LogP contribution is 2.19. The molecule has 0 N–H and O–H groups in total. The van der Waals surface area contributed by atoms with Crippen LogP contribution in [0.1, 0.15) is 43.4 Å². The van der Waals surface area contributed by atoms with Crippen molar-refractivity contribution in [2.75, 3.05) is 6.61 Å². The molecule has 0 spiro atoms. The van der Waals surface area contributed by atoms with Gasteiger partial charge in [-0.15, -0.1) is 0 Å². The molecule has 5 nitrogen and oxygen atoms in total. The van der Waals surface area contributed by atoms with E-state index < -0.39 is 5.97 Å². The summed E-state index contributed by atoms with van der Waals surface area (Å²) >= 11 is 0. The van der Waals surface area contributed by atoms with Crippen molar-refractivity contribution in [3.8, 4) is 0 Å². The Morgan fingerprint density at radius 2 is 1.78 bits per heavy atom. The van der Waals surface area contributed by atoms with Gasteiger partial charge in [-0.25, -0.2) is 9.18 Å². The molecule has 0 aliphatic carbocycles. The predicted octanol–water partition coefficient (Wildman–Crippen LogP) is 4.23. The zero-order valence-electron chi connectivity index (χ0n) is 15.4. The number of carbonyl (C=O) groups excluding carboxylic acids is 2. The van der Waals surface area contributed by atoms with Crippen molar-refractivity contribution in [2.24, 2.45) is 0 Å². The summed E-state index contributed by atoms with van der Waals surface area (Å²) in [5, 5.41) is 0. The molecule has 27 heavy (non-hydrogen) atoms. The standard InChI is InChI=1S/C21H20FNO4/c1-13-10-19(14(2)23(13)11-16-4-6-17(22)7-5-16)20(24)12-27-21(25)18-8-9-26-15(18)3/h4-10H,11-12H2,1-3H3. The Balaban J connectivity index is 1.71. The second kappa shape index (κ2) is 7.61. The Hall–Kier alpha value is -3.15. The van der Waals surface area contributed by atoms with E-state index in [-0.39, 0.29) is 18.2 Å². The molecule has 1 aromatic carbocycles. The van der Waals surface area contributed by atoms with Crippen LogP contribution >= 0.6 is 0 Å². The maximum Gasteiger partial charge on any atom is 0.342 e. The van der Waals surface area contributed by atoms with Crippen molar-refractivity contribution in [1.82, 2.24) is 4.57 Å². The quantitative estimate of drug-likeness (QED) is 0.482. The molecule has 0 bridgehead atoms. The minimum Gasteiger partial charge on any atom is -0.469 e. The Kier molecular flexibility index (Phi) is 5.26.